The average Bonchev–Trinajstić information content (AvgIpc) is 2.72. The van der Waals surface area contributed by atoms with Crippen LogP contribution in [0.1, 0.15) is 9.67 Å². The first-order chi connectivity index (χ1) is 8.20. The van der Waals surface area contributed by atoms with E-state index < -0.39 is 0 Å². The normalized spacial score (nSPS) is 10.6. The highest BCUT2D eigenvalue weighted by atomic mass is 32.1. The van der Waals surface area contributed by atoms with Crippen LogP contribution in [0.2, 0.25) is 0 Å². The van der Waals surface area contributed by atoms with Crippen molar-refractivity contribution in [2.24, 2.45) is 0 Å². The van der Waals surface area contributed by atoms with Gasteiger partial charge in [-0.1, -0.05) is 0 Å². The summed E-state index contributed by atoms with van der Waals surface area (Å²) in [6.07, 6.45) is 0. The molecule has 1 aromatic carbocycles. The molecule has 0 unspecified atom stereocenters. The number of hydrogen-bond acceptors (Lipinski definition) is 5. The molecule has 4 nitrogen and oxygen atoms in total. The molecule has 0 saturated carbocycles. The largest absolute Gasteiger partial charge is 0.459 e. The second-order valence-corrected chi connectivity index (χ2v) is 4.62. The minimum Gasteiger partial charge on any atom is -0.459 e. The molecular weight excluding hydrogens is 238 g/mol. The molecule has 5 heteroatoms. The molecule has 0 spiro atoms. The minimum absolute atomic E-state index is 0.270. The molecule has 2 rings (SSSR count). The van der Waals surface area contributed by atoms with Crippen LogP contribution in [0.25, 0.3) is 10.1 Å². The lowest BCUT2D eigenvalue weighted by Gasteiger charge is -2.00. The number of ether oxygens (including phenoxy) is 2. The first kappa shape index (κ1) is 11.9. The number of fused-ring (bicyclic) bond motifs is 1. The first-order valence-electron chi connectivity index (χ1n) is 5.16. The van der Waals surface area contributed by atoms with Gasteiger partial charge in [0, 0.05) is 17.5 Å². The monoisotopic (exact) mass is 251 g/mol. The Morgan fingerprint density at radius 2 is 2.18 bits per heavy atom. The van der Waals surface area contributed by atoms with Crippen LogP contribution < -0.4 is 5.73 Å². The third-order valence-electron chi connectivity index (χ3n) is 2.26. The SMILES string of the molecule is COCCOC(=O)c1cc2cc(N)ccc2s1. The summed E-state index contributed by atoms with van der Waals surface area (Å²) in [5, 5.41) is 0.966. The summed E-state index contributed by atoms with van der Waals surface area (Å²) in [5.41, 5.74) is 6.37. The molecule has 2 aromatic rings. The molecular formula is C12H13NO3S. The maximum Gasteiger partial charge on any atom is 0.348 e. The van der Waals surface area contributed by atoms with Crippen LogP contribution in [0.5, 0.6) is 0 Å². The Hall–Kier alpha value is -1.59. The third-order valence-corrected chi connectivity index (χ3v) is 3.36. The Bertz CT molecular complexity index is 536. The Morgan fingerprint density at radius 1 is 1.35 bits per heavy atom. The third kappa shape index (κ3) is 2.75. The Balaban J connectivity index is 2.15. The van der Waals surface area contributed by atoms with Gasteiger partial charge in [0.1, 0.15) is 11.5 Å². The van der Waals surface area contributed by atoms with Gasteiger partial charge in [-0.25, -0.2) is 4.79 Å². The Labute approximate surface area is 103 Å². The lowest BCUT2D eigenvalue weighted by molar-refractivity contribution is 0.0393. The average molecular weight is 251 g/mol. The van der Waals surface area contributed by atoms with Crippen molar-refractivity contribution in [3.8, 4) is 0 Å². The fourth-order valence-corrected chi connectivity index (χ4v) is 2.39. The van der Waals surface area contributed by atoms with Gasteiger partial charge in [0.25, 0.3) is 0 Å². The number of esters is 1. The van der Waals surface area contributed by atoms with Gasteiger partial charge < -0.3 is 15.2 Å². The number of methoxy groups -OCH3 is 1. The van der Waals surface area contributed by atoms with Crippen LogP contribution in [-0.2, 0) is 9.47 Å². The van der Waals surface area contributed by atoms with Gasteiger partial charge >= 0.3 is 5.97 Å². The van der Waals surface area contributed by atoms with Crippen LogP contribution in [-0.4, -0.2) is 26.3 Å². The highest BCUT2D eigenvalue weighted by Gasteiger charge is 2.11. The second-order valence-electron chi connectivity index (χ2n) is 3.54. The highest BCUT2D eigenvalue weighted by molar-refractivity contribution is 7.20. The van der Waals surface area contributed by atoms with E-state index in [1.165, 1.54) is 11.3 Å². The molecule has 0 bridgehead atoms. The summed E-state index contributed by atoms with van der Waals surface area (Å²) < 4.78 is 10.9. The number of carbonyl (C=O) groups is 1. The fourth-order valence-electron chi connectivity index (χ4n) is 1.45. The van der Waals surface area contributed by atoms with Crippen LogP contribution in [0.3, 0.4) is 0 Å². The lowest BCUT2D eigenvalue weighted by atomic mass is 10.2. The minimum atomic E-state index is -0.318. The first-order valence-corrected chi connectivity index (χ1v) is 5.97. The molecule has 0 fully saturated rings. The van der Waals surface area contributed by atoms with Crippen LogP contribution >= 0.6 is 11.3 Å². The molecule has 0 saturated heterocycles. The van der Waals surface area contributed by atoms with Gasteiger partial charge in [0.05, 0.1) is 6.61 Å². The maximum atomic E-state index is 11.7. The number of hydrogen-bond donors (Lipinski definition) is 1. The van der Waals surface area contributed by atoms with E-state index in [4.69, 9.17) is 15.2 Å². The molecule has 0 atom stereocenters. The van der Waals surface area contributed by atoms with Crippen molar-refractivity contribution >= 4 is 33.1 Å². The van der Waals surface area contributed by atoms with Crippen molar-refractivity contribution in [1.82, 2.24) is 0 Å². The summed E-state index contributed by atoms with van der Waals surface area (Å²) in [4.78, 5) is 12.3. The van der Waals surface area contributed by atoms with Crippen molar-refractivity contribution in [2.45, 2.75) is 0 Å². The number of nitrogen functional groups attached to an aromatic ring is 1. The van der Waals surface area contributed by atoms with E-state index in [0.29, 0.717) is 17.2 Å². The van der Waals surface area contributed by atoms with Crippen molar-refractivity contribution in [3.05, 3.63) is 29.1 Å². The quantitative estimate of drug-likeness (QED) is 0.514. The maximum absolute atomic E-state index is 11.7. The smallest absolute Gasteiger partial charge is 0.348 e. The van der Waals surface area contributed by atoms with Crippen LogP contribution in [0.15, 0.2) is 24.3 Å². The van der Waals surface area contributed by atoms with Gasteiger partial charge in [-0.05, 0) is 29.7 Å². The van der Waals surface area contributed by atoms with Gasteiger partial charge in [0.2, 0.25) is 0 Å². The fraction of sp³-hybridized carbons (Fsp3) is 0.250. The van der Waals surface area contributed by atoms with Crippen molar-refractivity contribution < 1.29 is 14.3 Å². The van der Waals surface area contributed by atoms with E-state index in [1.54, 1.807) is 13.2 Å². The summed E-state index contributed by atoms with van der Waals surface area (Å²) in [6.45, 7) is 0.676. The van der Waals surface area contributed by atoms with Crippen LogP contribution in [0, 0.1) is 0 Å². The van der Waals surface area contributed by atoms with E-state index in [0.717, 1.165) is 10.1 Å². The molecule has 17 heavy (non-hydrogen) atoms. The molecule has 0 radical (unpaired) electrons. The molecule has 0 aliphatic heterocycles. The standard InChI is InChI=1S/C12H13NO3S/c1-15-4-5-16-12(14)11-7-8-6-9(13)2-3-10(8)17-11/h2-3,6-7H,4-5,13H2,1H3. The highest BCUT2D eigenvalue weighted by Crippen LogP contribution is 2.27. The molecule has 1 aromatic heterocycles. The van der Waals surface area contributed by atoms with E-state index in [2.05, 4.69) is 0 Å². The number of carbonyl (C=O) groups excluding carboxylic acids is 1. The predicted molar refractivity (Wildman–Crippen MR) is 68.4 cm³/mol. The van der Waals surface area contributed by atoms with Gasteiger partial charge in [0.15, 0.2) is 0 Å². The Kier molecular flexibility index (Phi) is 3.61. The van der Waals surface area contributed by atoms with Crippen molar-refractivity contribution in [2.75, 3.05) is 26.1 Å². The van der Waals surface area contributed by atoms with Crippen molar-refractivity contribution in [3.63, 3.8) is 0 Å². The van der Waals surface area contributed by atoms with Gasteiger partial charge in [-0.15, -0.1) is 11.3 Å². The molecule has 0 aliphatic rings. The number of rotatable bonds is 4. The number of thiophene rings is 1. The summed E-state index contributed by atoms with van der Waals surface area (Å²) in [6, 6.07) is 7.36. The Morgan fingerprint density at radius 3 is 2.94 bits per heavy atom. The zero-order valence-electron chi connectivity index (χ0n) is 9.43. The number of anilines is 1. The van der Waals surface area contributed by atoms with Crippen molar-refractivity contribution in [1.29, 1.82) is 0 Å². The van der Waals surface area contributed by atoms with Crippen LogP contribution in [0.4, 0.5) is 5.69 Å². The molecule has 2 N–H and O–H groups in total. The van der Waals surface area contributed by atoms with E-state index in [-0.39, 0.29) is 12.6 Å². The molecule has 1 heterocycles. The topological polar surface area (TPSA) is 61.5 Å². The van der Waals surface area contributed by atoms with E-state index in [9.17, 15) is 4.79 Å². The number of nitrogens with two attached hydrogens (primary N) is 1. The van der Waals surface area contributed by atoms with Gasteiger partial charge in [-0.3, -0.25) is 0 Å². The molecule has 0 aliphatic carbocycles. The zero-order valence-corrected chi connectivity index (χ0v) is 10.3. The summed E-state index contributed by atoms with van der Waals surface area (Å²) >= 11 is 1.40. The summed E-state index contributed by atoms with van der Waals surface area (Å²) in [7, 11) is 1.57. The number of benzene rings is 1. The van der Waals surface area contributed by atoms with Gasteiger partial charge in [-0.2, -0.15) is 0 Å². The summed E-state index contributed by atoms with van der Waals surface area (Å²) in [5.74, 6) is -0.318. The lowest BCUT2D eigenvalue weighted by Crippen LogP contribution is -2.08. The second kappa shape index (κ2) is 5.16. The molecule has 0 amide bonds. The zero-order chi connectivity index (χ0) is 12.3. The van der Waals surface area contributed by atoms with E-state index in [1.807, 2.05) is 18.2 Å². The van der Waals surface area contributed by atoms with E-state index >= 15 is 0 Å². The molecule has 90 valence electrons. The predicted octanol–water partition coefficient (Wildman–Crippen LogP) is 2.29.